The average molecular weight is 247 g/mol. The van der Waals surface area contributed by atoms with Crippen molar-refractivity contribution in [1.29, 1.82) is 0 Å². The highest BCUT2D eigenvalue weighted by molar-refractivity contribution is 5.96. The van der Waals surface area contributed by atoms with Gasteiger partial charge in [0.05, 0.1) is 28.6 Å². The smallest absolute Gasteiger partial charge is 0.278 e. The van der Waals surface area contributed by atoms with Gasteiger partial charge in [0.1, 0.15) is 5.52 Å². The molecule has 0 spiro atoms. The first kappa shape index (κ1) is 12.3. The van der Waals surface area contributed by atoms with E-state index in [0.29, 0.717) is 17.4 Å². The fraction of sp³-hybridized carbons (Fsp3) is 0.250. The number of quaternary nitrogens is 1. The van der Waals surface area contributed by atoms with E-state index in [0.717, 1.165) is 5.69 Å². The van der Waals surface area contributed by atoms with Crippen LogP contribution in [0.3, 0.4) is 0 Å². The number of benzene rings is 1. The SMILES string of the molecule is C[C@@H]([NH3+])CNc1ccc([N+](=O)[O-])c2cccnc12. The average Bonchev–Trinajstić information content (AvgIpc) is 2.35. The fourth-order valence-electron chi connectivity index (χ4n) is 1.74. The third-order valence-corrected chi connectivity index (χ3v) is 2.58. The van der Waals surface area contributed by atoms with Gasteiger partial charge in [0.15, 0.2) is 0 Å². The van der Waals surface area contributed by atoms with Gasteiger partial charge in [-0.15, -0.1) is 0 Å². The number of fused-ring (bicyclic) bond motifs is 1. The molecule has 6 nitrogen and oxygen atoms in total. The molecular formula is C12H15N4O2+. The molecule has 1 aromatic heterocycles. The van der Waals surface area contributed by atoms with E-state index in [1.165, 1.54) is 6.07 Å². The summed E-state index contributed by atoms with van der Waals surface area (Å²) >= 11 is 0. The number of rotatable bonds is 4. The summed E-state index contributed by atoms with van der Waals surface area (Å²) in [5.41, 5.74) is 5.38. The number of nitro groups is 1. The third kappa shape index (κ3) is 2.38. The molecule has 1 heterocycles. The van der Waals surface area contributed by atoms with E-state index < -0.39 is 4.92 Å². The van der Waals surface area contributed by atoms with Crippen molar-refractivity contribution in [3.8, 4) is 0 Å². The van der Waals surface area contributed by atoms with Gasteiger partial charge in [-0.25, -0.2) is 0 Å². The van der Waals surface area contributed by atoms with Crippen LogP contribution in [0.25, 0.3) is 10.9 Å². The van der Waals surface area contributed by atoms with Crippen molar-refractivity contribution in [2.24, 2.45) is 0 Å². The largest absolute Gasteiger partial charge is 0.377 e. The number of hydrogen-bond donors (Lipinski definition) is 2. The molecule has 2 rings (SSSR count). The highest BCUT2D eigenvalue weighted by Crippen LogP contribution is 2.29. The van der Waals surface area contributed by atoms with Gasteiger partial charge < -0.3 is 11.1 Å². The predicted molar refractivity (Wildman–Crippen MR) is 69.2 cm³/mol. The van der Waals surface area contributed by atoms with E-state index >= 15 is 0 Å². The number of pyridine rings is 1. The van der Waals surface area contributed by atoms with Crippen LogP contribution in [0.5, 0.6) is 0 Å². The van der Waals surface area contributed by atoms with Crippen LogP contribution < -0.4 is 11.1 Å². The maximum Gasteiger partial charge on any atom is 0.278 e. The quantitative estimate of drug-likeness (QED) is 0.626. The Labute approximate surface area is 104 Å². The lowest BCUT2D eigenvalue weighted by Gasteiger charge is -2.09. The molecule has 1 aromatic carbocycles. The lowest BCUT2D eigenvalue weighted by Crippen LogP contribution is -2.62. The number of aromatic nitrogens is 1. The molecule has 0 radical (unpaired) electrons. The zero-order valence-corrected chi connectivity index (χ0v) is 10.1. The van der Waals surface area contributed by atoms with Crippen molar-refractivity contribution in [1.82, 2.24) is 4.98 Å². The minimum absolute atomic E-state index is 0.0753. The van der Waals surface area contributed by atoms with Crippen LogP contribution in [0.1, 0.15) is 6.92 Å². The zero-order chi connectivity index (χ0) is 13.1. The number of nitrogens with zero attached hydrogens (tertiary/aromatic N) is 2. The van der Waals surface area contributed by atoms with Gasteiger partial charge in [-0.1, -0.05) is 0 Å². The molecule has 0 aliphatic carbocycles. The van der Waals surface area contributed by atoms with Crippen molar-refractivity contribution in [2.75, 3.05) is 11.9 Å². The molecule has 0 amide bonds. The van der Waals surface area contributed by atoms with Crippen LogP contribution in [0.2, 0.25) is 0 Å². The molecule has 4 N–H and O–H groups in total. The van der Waals surface area contributed by atoms with Crippen LogP contribution in [-0.4, -0.2) is 22.5 Å². The molecule has 0 saturated carbocycles. The van der Waals surface area contributed by atoms with E-state index in [4.69, 9.17) is 0 Å². The molecule has 0 aliphatic rings. The summed E-state index contributed by atoms with van der Waals surface area (Å²) in [7, 11) is 0. The Kier molecular flexibility index (Phi) is 3.38. The van der Waals surface area contributed by atoms with Crippen molar-refractivity contribution in [3.63, 3.8) is 0 Å². The van der Waals surface area contributed by atoms with Crippen LogP contribution in [0.4, 0.5) is 11.4 Å². The number of non-ortho nitro benzene ring substituents is 1. The first-order valence-electron chi connectivity index (χ1n) is 5.68. The fourth-order valence-corrected chi connectivity index (χ4v) is 1.74. The molecular weight excluding hydrogens is 232 g/mol. The van der Waals surface area contributed by atoms with Crippen molar-refractivity contribution in [2.45, 2.75) is 13.0 Å². The Morgan fingerprint density at radius 3 is 2.94 bits per heavy atom. The summed E-state index contributed by atoms with van der Waals surface area (Å²) in [4.78, 5) is 14.8. The number of nitro benzene ring substituents is 1. The lowest BCUT2D eigenvalue weighted by atomic mass is 10.1. The third-order valence-electron chi connectivity index (χ3n) is 2.58. The maximum atomic E-state index is 10.9. The topological polar surface area (TPSA) is 95.7 Å². The minimum Gasteiger partial charge on any atom is -0.377 e. The van der Waals surface area contributed by atoms with E-state index in [-0.39, 0.29) is 11.7 Å². The van der Waals surface area contributed by atoms with Gasteiger partial charge in [-0.3, -0.25) is 15.1 Å². The van der Waals surface area contributed by atoms with Gasteiger partial charge in [-0.2, -0.15) is 0 Å². The van der Waals surface area contributed by atoms with Crippen molar-refractivity contribution >= 4 is 22.3 Å². The monoisotopic (exact) mass is 247 g/mol. The van der Waals surface area contributed by atoms with E-state index in [2.05, 4.69) is 16.0 Å². The van der Waals surface area contributed by atoms with Gasteiger partial charge in [0.25, 0.3) is 5.69 Å². The highest BCUT2D eigenvalue weighted by atomic mass is 16.6. The molecule has 94 valence electrons. The molecule has 0 aliphatic heterocycles. The zero-order valence-electron chi connectivity index (χ0n) is 10.1. The maximum absolute atomic E-state index is 10.9. The Hall–Kier alpha value is -2.21. The van der Waals surface area contributed by atoms with Crippen molar-refractivity contribution in [3.05, 3.63) is 40.6 Å². The van der Waals surface area contributed by atoms with Crippen LogP contribution in [0, 0.1) is 10.1 Å². The van der Waals surface area contributed by atoms with Crippen LogP contribution in [-0.2, 0) is 0 Å². The normalized spacial score (nSPS) is 12.3. The molecule has 0 saturated heterocycles. The van der Waals surface area contributed by atoms with Crippen molar-refractivity contribution < 1.29 is 10.7 Å². The Bertz CT molecular complexity index is 583. The van der Waals surface area contributed by atoms with Crippen LogP contribution in [0.15, 0.2) is 30.5 Å². The van der Waals surface area contributed by atoms with E-state index in [1.807, 2.05) is 6.92 Å². The Morgan fingerprint density at radius 2 is 2.28 bits per heavy atom. The molecule has 0 unspecified atom stereocenters. The van der Waals surface area contributed by atoms with E-state index in [9.17, 15) is 10.1 Å². The van der Waals surface area contributed by atoms with Gasteiger partial charge in [0.2, 0.25) is 0 Å². The summed E-state index contributed by atoms with van der Waals surface area (Å²) in [5.74, 6) is 0. The Morgan fingerprint density at radius 1 is 1.50 bits per heavy atom. The minimum atomic E-state index is -0.391. The summed E-state index contributed by atoms with van der Waals surface area (Å²) in [5, 5.41) is 14.7. The lowest BCUT2D eigenvalue weighted by molar-refractivity contribution is -0.409. The standard InChI is InChI=1S/C12H14N4O2/c1-8(13)7-15-10-4-5-11(16(17)18)9-3-2-6-14-12(9)10/h2-6,8,15H,7,13H2,1H3/p+1/t8-/m1/s1. The number of anilines is 1. The van der Waals surface area contributed by atoms with Gasteiger partial charge in [0, 0.05) is 12.3 Å². The van der Waals surface area contributed by atoms with Crippen LogP contribution >= 0.6 is 0 Å². The molecule has 6 heteroatoms. The number of hydrogen-bond acceptors (Lipinski definition) is 4. The second kappa shape index (κ2) is 4.97. The molecule has 0 bridgehead atoms. The summed E-state index contributed by atoms with van der Waals surface area (Å²) in [6, 6.07) is 6.84. The highest BCUT2D eigenvalue weighted by Gasteiger charge is 2.14. The summed E-state index contributed by atoms with van der Waals surface area (Å²) in [6.45, 7) is 2.69. The second-order valence-corrected chi connectivity index (χ2v) is 4.28. The molecule has 18 heavy (non-hydrogen) atoms. The van der Waals surface area contributed by atoms with Gasteiger partial charge >= 0.3 is 0 Å². The molecule has 2 aromatic rings. The van der Waals surface area contributed by atoms with Gasteiger partial charge in [-0.05, 0) is 25.1 Å². The predicted octanol–water partition coefficient (Wildman–Crippen LogP) is 1.19. The first-order chi connectivity index (χ1) is 8.59. The molecule has 0 fully saturated rings. The Balaban J connectivity index is 2.50. The summed E-state index contributed by atoms with van der Waals surface area (Å²) in [6.07, 6.45) is 1.63. The second-order valence-electron chi connectivity index (χ2n) is 4.28. The van der Waals surface area contributed by atoms with E-state index in [1.54, 1.807) is 24.4 Å². The first-order valence-corrected chi connectivity index (χ1v) is 5.68. The number of nitrogens with one attached hydrogen (secondary N) is 1. The summed E-state index contributed by atoms with van der Waals surface area (Å²) < 4.78 is 0. The molecule has 1 atom stereocenters.